The van der Waals surface area contributed by atoms with Crippen LogP contribution in [0.2, 0.25) is 5.02 Å². The van der Waals surface area contributed by atoms with E-state index in [1.807, 2.05) is 26.0 Å². The van der Waals surface area contributed by atoms with Gasteiger partial charge in [-0.05, 0) is 37.1 Å². The second-order valence-corrected chi connectivity index (χ2v) is 5.93. The summed E-state index contributed by atoms with van der Waals surface area (Å²) in [6, 6.07) is 8.19. The quantitative estimate of drug-likeness (QED) is 0.704. The Labute approximate surface area is 126 Å². The maximum absolute atomic E-state index is 9.00. The summed E-state index contributed by atoms with van der Waals surface area (Å²) < 4.78 is 2.08. The number of rotatable bonds is 2. The number of halogens is 1. The molecule has 2 aromatic heterocycles. The Morgan fingerprint density at radius 3 is 2.90 bits per heavy atom. The van der Waals surface area contributed by atoms with Crippen LogP contribution in [0.4, 0.5) is 0 Å². The Balaban J connectivity index is 2.26. The average molecular weight is 302 g/mol. The molecule has 3 nitrogen and oxygen atoms in total. The number of imidazole rings is 1. The van der Waals surface area contributed by atoms with Crippen LogP contribution in [0, 0.1) is 25.2 Å². The molecule has 3 aromatic rings. The van der Waals surface area contributed by atoms with Crippen LogP contribution in [-0.2, 0) is 6.42 Å². The molecule has 0 aliphatic rings. The third-order valence-electron chi connectivity index (χ3n) is 3.36. The highest BCUT2D eigenvalue weighted by Crippen LogP contribution is 2.31. The first kappa shape index (κ1) is 13.2. The molecular weight excluding hydrogens is 290 g/mol. The second kappa shape index (κ2) is 4.93. The first-order valence-corrected chi connectivity index (χ1v) is 7.46. The Hall–Kier alpha value is -1.83. The van der Waals surface area contributed by atoms with Gasteiger partial charge in [0.25, 0.3) is 0 Å². The summed E-state index contributed by atoms with van der Waals surface area (Å²) in [4.78, 5) is 5.45. The molecule has 0 aliphatic heterocycles. The summed E-state index contributed by atoms with van der Waals surface area (Å²) in [6.07, 6.45) is 0.364. The largest absolute Gasteiger partial charge is 0.286 e. The summed E-state index contributed by atoms with van der Waals surface area (Å²) in [5.41, 5.74) is 5.09. The Morgan fingerprint density at radius 2 is 2.20 bits per heavy atom. The molecule has 0 N–H and O–H groups in total. The zero-order chi connectivity index (χ0) is 14.3. The summed E-state index contributed by atoms with van der Waals surface area (Å²) in [6.45, 7) is 3.94. The highest BCUT2D eigenvalue weighted by Gasteiger charge is 2.15. The number of hydrogen-bond acceptors (Lipinski definition) is 3. The smallest absolute Gasteiger partial charge is 0.194 e. The van der Waals surface area contributed by atoms with Gasteiger partial charge in [-0.1, -0.05) is 17.7 Å². The van der Waals surface area contributed by atoms with Crippen molar-refractivity contribution < 1.29 is 0 Å². The van der Waals surface area contributed by atoms with Crippen molar-refractivity contribution in [1.29, 1.82) is 5.26 Å². The fourth-order valence-electron chi connectivity index (χ4n) is 2.31. The van der Waals surface area contributed by atoms with Gasteiger partial charge < -0.3 is 0 Å². The molecule has 0 spiro atoms. The summed E-state index contributed by atoms with van der Waals surface area (Å²) >= 11 is 7.67. The van der Waals surface area contributed by atoms with Gasteiger partial charge in [-0.25, -0.2) is 4.98 Å². The first-order chi connectivity index (χ1) is 9.61. The van der Waals surface area contributed by atoms with E-state index in [1.165, 1.54) is 0 Å². The highest BCUT2D eigenvalue weighted by atomic mass is 35.5. The van der Waals surface area contributed by atoms with Crippen molar-refractivity contribution >= 4 is 27.9 Å². The molecule has 0 atom stereocenters. The fraction of sp³-hybridized carbons (Fsp3) is 0.200. The molecule has 0 unspecified atom stereocenters. The summed E-state index contributed by atoms with van der Waals surface area (Å²) in [5.74, 6) is 0. The van der Waals surface area contributed by atoms with Gasteiger partial charge >= 0.3 is 0 Å². The second-order valence-electron chi connectivity index (χ2n) is 4.68. The lowest BCUT2D eigenvalue weighted by atomic mass is 10.1. The molecular formula is C15H12ClN3S. The van der Waals surface area contributed by atoms with Gasteiger partial charge in [0.05, 0.1) is 29.6 Å². The summed E-state index contributed by atoms with van der Waals surface area (Å²) in [5, 5.41) is 11.8. The zero-order valence-electron chi connectivity index (χ0n) is 11.1. The van der Waals surface area contributed by atoms with Gasteiger partial charge in [-0.15, -0.1) is 11.3 Å². The van der Waals surface area contributed by atoms with Crippen molar-refractivity contribution in [3.63, 3.8) is 0 Å². The van der Waals surface area contributed by atoms with E-state index >= 15 is 0 Å². The number of fused-ring (bicyclic) bond motifs is 1. The van der Waals surface area contributed by atoms with E-state index in [0.29, 0.717) is 6.42 Å². The van der Waals surface area contributed by atoms with Crippen molar-refractivity contribution in [3.05, 3.63) is 45.6 Å². The van der Waals surface area contributed by atoms with Crippen LogP contribution in [0.3, 0.4) is 0 Å². The minimum absolute atomic E-state index is 0.364. The number of aromatic nitrogens is 2. The third-order valence-corrected chi connectivity index (χ3v) is 4.61. The van der Waals surface area contributed by atoms with Gasteiger partial charge in [0.1, 0.15) is 0 Å². The molecule has 5 heteroatoms. The summed E-state index contributed by atoms with van der Waals surface area (Å²) in [7, 11) is 0. The molecule has 100 valence electrons. The van der Waals surface area contributed by atoms with Crippen molar-refractivity contribution in [2.45, 2.75) is 20.3 Å². The fourth-order valence-corrected chi connectivity index (χ4v) is 3.39. The lowest BCUT2D eigenvalue weighted by molar-refractivity contribution is 1.05. The minimum Gasteiger partial charge on any atom is -0.286 e. The normalized spacial score (nSPS) is 10.9. The van der Waals surface area contributed by atoms with Crippen LogP contribution in [0.5, 0.6) is 0 Å². The van der Waals surface area contributed by atoms with E-state index in [4.69, 9.17) is 16.9 Å². The number of benzene rings is 1. The molecule has 0 fully saturated rings. The van der Waals surface area contributed by atoms with E-state index in [2.05, 4.69) is 26.9 Å². The van der Waals surface area contributed by atoms with Crippen LogP contribution in [-0.4, -0.2) is 9.38 Å². The molecule has 0 saturated heterocycles. The van der Waals surface area contributed by atoms with E-state index in [0.717, 1.165) is 38.2 Å². The average Bonchev–Trinajstić information content (AvgIpc) is 2.94. The minimum atomic E-state index is 0.364. The van der Waals surface area contributed by atoms with Crippen LogP contribution < -0.4 is 0 Å². The predicted molar refractivity (Wildman–Crippen MR) is 82.3 cm³/mol. The van der Waals surface area contributed by atoms with Crippen LogP contribution >= 0.6 is 22.9 Å². The van der Waals surface area contributed by atoms with Gasteiger partial charge in [-0.3, -0.25) is 4.40 Å². The van der Waals surface area contributed by atoms with Crippen LogP contribution in [0.1, 0.15) is 17.0 Å². The SMILES string of the molecule is Cc1cc(-c2csc3nc(C)c(CC#N)n23)ccc1Cl. The molecule has 3 rings (SSSR count). The monoisotopic (exact) mass is 301 g/mol. The van der Waals surface area contributed by atoms with Gasteiger partial charge in [0.2, 0.25) is 0 Å². The topological polar surface area (TPSA) is 41.1 Å². The van der Waals surface area contributed by atoms with Gasteiger partial charge in [0, 0.05) is 10.4 Å². The van der Waals surface area contributed by atoms with Gasteiger partial charge in [0.15, 0.2) is 4.96 Å². The number of aryl methyl sites for hydroxylation is 2. The molecule has 0 aliphatic carbocycles. The Morgan fingerprint density at radius 1 is 1.40 bits per heavy atom. The lowest BCUT2D eigenvalue weighted by Crippen LogP contribution is -1.94. The molecule has 2 heterocycles. The molecule has 0 radical (unpaired) electrons. The van der Waals surface area contributed by atoms with Crippen molar-refractivity contribution in [2.75, 3.05) is 0 Å². The Kier molecular flexibility index (Phi) is 3.25. The zero-order valence-corrected chi connectivity index (χ0v) is 12.7. The van der Waals surface area contributed by atoms with Crippen molar-refractivity contribution in [3.8, 4) is 17.3 Å². The number of nitriles is 1. The van der Waals surface area contributed by atoms with E-state index in [1.54, 1.807) is 11.3 Å². The maximum Gasteiger partial charge on any atom is 0.194 e. The molecule has 0 bridgehead atoms. The van der Waals surface area contributed by atoms with Crippen molar-refractivity contribution in [2.24, 2.45) is 0 Å². The predicted octanol–water partition coefficient (Wildman–Crippen LogP) is 4.40. The van der Waals surface area contributed by atoms with Crippen LogP contribution in [0.25, 0.3) is 16.2 Å². The van der Waals surface area contributed by atoms with Gasteiger partial charge in [-0.2, -0.15) is 5.26 Å². The Bertz CT molecular complexity index is 839. The molecule has 1 aromatic carbocycles. The van der Waals surface area contributed by atoms with E-state index < -0.39 is 0 Å². The van der Waals surface area contributed by atoms with Crippen LogP contribution in [0.15, 0.2) is 23.6 Å². The maximum atomic E-state index is 9.00. The van der Waals surface area contributed by atoms with Crippen molar-refractivity contribution in [1.82, 2.24) is 9.38 Å². The molecule has 0 amide bonds. The molecule has 20 heavy (non-hydrogen) atoms. The number of nitrogens with zero attached hydrogens (tertiary/aromatic N) is 3. The number of hydrogen-bond donors (Lipinski definition) is 0. The van der Waals surface area contributed by atoms with E-state index in [-0.39, 0.29) is 0 Å². The third kappa shape index (κ3) is 2.00. The molecule has 0 saturated carbocycles. The number of thiazole rings is 1. The first-order valence-electron chi connectivity index (χ1n) is 6.20. The van der Waals surface area contributed by atoms with E-state index in [9.17, 15) is 0 Å². The standard InChI is InChI=1S/C15H12ClN3S/c1-9-7-11(3-4-12(9)16)14-8-20-15-18-10(2)13(5-6-17)19(14)15/h3-4,7-8H,5H2,1-2H3. The lowest BCUT2D eigenvalue weighted by Gasteiger charge is -2.05. The highest BCUT2D eigenvalue weighted by molar-refractivity contribution is 7.15.